The van der Waals surface area contributed by atoms with E-state index in [0.717, 1.165) is 49.7 Å². The number of alkyl halides is 3. The van der Waals surface area contributed by atoms with Crippen LogP contribution in [0.25, 0.3) is 66.1 Å². The molecule has 3 nitrogen and oxygen atoms in total. The molecule has 0 saturated heterocycles. The molecule has 2 aromatic heterocycles. The maximum absolute atomic E-state index is 15.1. The number of halogens is 3. The third-order valence-electron chi connectivity index (χ3n) is 12.6. The van der Waals surface area contributed by atoms with Crippen LogP contribution in [0.15, 0.2) is 103 Å². The van der Waals surface area contributed by atoms with Crippen LogP contribution in [0.5, 0.6) is 0 Å². The molecule has 0 N–H and O–H groups in total. The van der Waals surface area contributed by atoms with E-state index < -0.39 is 11.7 Å². The van der Waals surface area contributed by atoms with Crippen molar-refractivity contribution in [1.82, 2.24) is 9.13 Å². The molecule has 61 heavy (non-hydrogen) atoms. The van der Waals surface area contributed by atoms with Crippen molar-refractivity contribution >= 4 is 43.6 Å². The predicted molar refractivity (Wildman–Crippen MR) is 250 cm³/mol. The van der Waals surface area contributed by atoms with E-state index in [-0.39, 0.29) is 27.2 Å². The molecule has 6 aromatic carbocycles. The fraction of sp³-hybridized carbons (Fsp3) is 0.327. The van der Waals surface area contributed by atoms with Gasteiger partial charge in [-0.3, -0.25) is 0 Å². The lowest BCUT2D eigenvalue weighted by Gasteiger charge is -2.22. The summed E-state index contributed by atoms with van der Waals surface area (Å²) in [5.74, 6) is 0. The van der Waals surface area contributed by atoms with Gasteiger partial charge in [0.1, 0.15) is 11.6 Å². The fourth-order valence-corrected chi connectivity index (χ4v) is 8.94. The smallest absolute Gasteiger partial charge is 0.308 e. The van der Waals surface area contributed by atoms with Crippen molar-refractivity contribution in [2.24, 2.45) is 0 Å². The van der Waals surface area contributed by atoms with Crippen molar-refractivity contribution in [1.29, 1.82) is 5.26 Å². The molecule has 0 saturated carbocycles. The molecule has 8 rings (SSSR count). The number of hydrogen-bond donors (Lipinski definition) is 0. The summed E-state index contributed by atoms with van der Waals surface area (Å²) in [6, 6.07) is 36.5. The first kappa shape index (κ1) is 41.9. The van der Waals surface area contributed by atoms with E-state index in [1.807, 2.05) is 0 Å². The second-order valence-electron chi connectivity index (χ2n) is 21.1. The number of fused-ring (bicyclic) bond motifs is 6. The minimum atomic E-state index is -4.62. The van der Waals surface area contributed by atoms with Gasteiger partial charge in [-0.25, -0.2) is 0 Å². The number of nitriles is 1. The van der Waals surface area contributed by atoms with Gasteiger partial charge in [0.15, 0.2) is 0 Å². The quantitative estimate of drug-likeness (QED) is 0.175. The number of nitrogens with zero attached hydrogens (tertiary/aromatic N) is 3. The summed E-state index contributed by atoms with van der Waals surface area (Å²) in [5, 5.41) is 15.6. The van der Waals surface area contributed by atoms with Crippen molar-refractivity contribution in [2.45, 2.75) is 118 Å². The minimum Gasteiger partial charge on any atom is -0.308 e. The molecule has 0 fully saturated rings. The highest BCUT2D eigenvalue weighted by Gasteiger charge is 2.35. The van der Waals surface area contributed by atoms with E-state index in [0.29, 0.717) is 28.1 Å². The number of aromatic nitrogens is 2. The highest BCUT2D eigenvalue weighted by atomic mass is 19.4. The molecule has 0 amide bonds. The van der Waals surface area contributed by atoms with Gasteiger partial charge >= 0.3 is 6.18 Å². The Balaban J connectivity index is 1.59. The molecule has 0 bridgehead atoms. The van der Waals surface area contributed by atoms with Crippen molar-refractivity contribution in [2.75, 3.05) is 0 Å². The van der Waals surface area contributed by atoms with E-state index in [9.17, 15) is 5.26 Å². The summed E-state index contributed by atoms with van der Waals surface area (Å²) in [6.07, 6.45) is -4.62. The average Bonchev–Trinajstić information content (AvgIpc) is 3.67. The SMILES string of the molecule is Cc1cccc(C(F)(F)F)c1-c1cc(-n2c3ccc(C(C)(C)C)cc3c3cc(C(C)(C)C)ccc32)c(C#N)c(-n2c3ccc(C(C)(C)C)cc3c3cc(C(C)(C)C)ccc32)c1. The summed E-state index contributed by atoms with van der Waals surface area (Å²) in [6.45, 7) is 28.0. The largest absolute Gasteiger partial charge is 0.417 e. The predicted octanol–water partition coefficient (Wildman–Crippen LogP) is 15.9. The van der Waals surface area contributed by atoms with Crippen LogP contribution in [0.2, 0.25) is 0 Å². The zero-order valence-corrected chi connectivity index (χ0v) is 37.8. The fourth-order valence-electron chi connectivity index (χ4n) is 8.94. The zero-order chi connectivity index (χ0) is 44.4. The Kier molecular flexibility index (Phi) is 9.52. The lowest BCUT2D eigenvalue weighted by atomic mass is 9.85. The molecular weight excluding hydrogens is 760 g/mol. The lowest BCUT2D eigenvalue weighted by Crippen LogP contribution is -2.11. The number of hydrogen-bond acceptors (Lipinski definition) is 1. The summed E-state index contributed by atoms with van der Waals surface area (Å²) < 4.78 is 49.5. The molecule has 0 unspecified atom stereocenters. The molecule has 8 aromatic rings. The van der Waals surface area contributed by atoms with E-state index >= 15 is 13.2 Å². The van der Waals surface area contributed by atoms with E-state index in [1.54, 1.807) is 25.1 Å². The Morgan fingerprint density at radius 3 is 1.07 bits per heavy atom. The van der Waals surface area contributed by atoms with Gasteiger partial charge in [0, 0.05) is 21.5 Å². The monoisotopic (exact) mass is 815 g/mol. The number of rotatable bonds is 3. The van der Waals surface area contributed by atoms with E-state index in [2.05, 4.69) is 171 Å². The molecular formula is C55H56F3N3. The Morgan fingerprint density at radius 1 is 0.459 bits per heavy atom. The molecule has 0 radical (unpaired) electrons. The minimum absolute atomic E-state index is 0.0959. The Bertz CT molecular complexity index is 2800. The van der Waals surface area contributed by atoms with Crippen LogP contribution in [0.1, 0.15) is 122 Å². The Labute approximate surface area is 358 Å². The van der Waals surface area contributed by atoms with E-state index in [4.69, 9.17) is 0 Å². The van der Waals surface area contributed by atoms with Crippen molar-refractivity contribution in [3.05, 3.63) is 142 Å². The van der Waals surface area contributed by atoms with Crippen LogP contribution in [0.4, 0.5) is 13.2 Å². The van der Waals surface area contributed by atoms with Gasteiger partial charge in [-0.2, -0.15) is 18.4 Å². The van der Waals surface area contributed by atoms with Crippen molar-refractivity contribution in [3.63, 3.8) is 0 Å². The summed E-state index contributed by atoms with van der Waals surface area (Å²) in [7, 11) is 0. The van der Waals surface area contributed by atoms with Gasteiger partial charge in [0.05, 0.1) is 39.0 Å². The normalized spacial score (nSPS) is 13.2. The number of aryl methyl sites for hydroxylation is 1. The molecule has 312 valence electrons. The standard InChI is InChI=1S/C55H56F3N3/c1-32-15-14-16-43(55(56,57)58)50(32)33-25-48(60-44-21-17-34(51(2,3)4)27-38(44)39-28-35(52(5,6)7)18-22-45(39)60)42(31-59)49(26-33)61-46-23-19-36(53(8,9)10)29-40(46)41-30-37(54(11,12)13)20-24-47(41)61/h14-30H,1-13H3. The van der Waals surface area contributed by atoms with Gasteiger partial charge < -0.3 is 9.13 Å². The van der Waals surface area contributed by atoms with Crippen molar-refractivity contribution < 1.29 is 13.2 Å². The maximum Gasteiger partial charge on any atom is 0.417 e. The van der Waals surface area contributed by atoms with Gasteiger partial charge in [-0.15, -0.1) is 0 Å². The molecule has 0 spiro atoms. The van der Waals surface area contributed by atoms with E-state index in [1.165, 1.54) is 28.3 Å². The highest BCUT2D eigenvalue weighted by molar-refractivity contribution is 6.12. The van der Waals surface area contributed by atoms with Gasteiger partial charge in [-0.05, 0) is 134 Å². The van der Waals surface area contributed by atoms with Crippen LogP contribution < -0.4 is 0 Å². The third kappa shape index (κ3) is 7.10. The maximum atomic E-state index is 15.1. The first-order chi connectivity index (χ1) is 28.3. The average molecular weight is 816 g/mol. The third-order valence-corrected chi connectivity index (χ3v) is 12.6. The first-order valence-corrected chi connectivity index (χ1v) is 21.2. The Morgan fingerprint density at radius 2 is 0.787 bits per heavy atom. The van der Waals surface area contributed by atoms with Gasteiger partial charge in [-0.1, -0.05) is 119 Å². The van der Waals surface area contributed by atoms with Crippen LogP contribution in [0, 0.1) is 18.3 Å². The number of benzene rings is 6. The summed E-state index contributed by atoms with van der Waals surface area (Å²) >= 11 is 0. The van der Waals surface area contributed by atoms with Crippen LogP contribution in [0.3, 0.4) is 0 Å². The van der Waals surface area contributed by atoms with Crippen molar-refractivity contribution in [3.8, 4) is 28.6 Å². The highest BCUT2D eigenvalue weighted by Crippen LogP contribution is 2.46. The molecule has 0 aliphatic carbocycles. The topological polar surface area (TPSA) is 33.6 Å². The van der Waals surface area contributed by atoms with Gasteiger partial charge in [0.2, 0.25) is 0 Å². The second kappa shape index (κ2) is 13.9. The zero-order valence-electron chi connectivity index (χ0n) is 37.8. The lowest BCUT2D eigenvalue weighted by molar-refractivity contribution is -0.137. The molecule has 0 atom stereocenters. The summed E-state index contributed by atoms with van der Waals surface area (Å²) in [4.78, 5) is 0. The van der Waals surface area contributed by atoms with Gasteiger partial charge in [0.25, 0.3) is 0 Å². The molecule has 2 heterocycles. The first-order valence-electron chi connectivity index (χ1n) is 21.2. The van der Waals surface area contributed by atoms with Crippen LogP contribution >= 0.6 is 0 Å². The second-order valence-corrected chi connectivity index (χ2v) is 21.1. The summed E-state index contributed by atoms with van der Waals surface area (Å²) in [5.41, 5.74) is 9.29. The molecule has 6 heteroatoms. The van der Waals surface area contributed by atoms with Crippen LogP contribution in [-0.2, 0) is 27.8 Å². The Hall–Kier alpha value is -5.80. The van der Waals surface area contributed by atoms with Crippen LogP contribution in [-0.4, -0.2) is 9.13 Å². The molecule has 0 aliphatic heterocycles. The molecule has 0 aliphatic rings.